The number of fused-ring (bicyclic) bond motifs is 2. The highest BCUT2D eigenvalue weighted by atomic mass is 19.1. The molecule has 1 aliphatic rings. The summed E-state index contributed by atoms with van der Waals surface area (Å²) in [7, 11) is 0. The first-order valence-electron chi connectivity index (χ1n) is 9.91. The number of nitrogens with zero attached hydrogens (tertiary/aromatic N) is 1. The standard InChI is InChI=1S/C25H19FN4O/c26-23-18-9-4-6-16(25(31)28-17-7-2-1-3-8-17)14-15(18)12-13-20(23)19-10-5-11-21-22(19)24(27)30-29-21/h1-8,10-14H,9H2,(H,28,31)(H3,27,29,30). The lowest BCUT2D eigenvalue weighted by molar-refractivity contribution is -0.112. The van der Waals surface area contributed by atoms with Gasteiger partial charge in [-0.3, -0.25) is 9.89 Å². The van der Waals surface area contributed by atoms with Crippen LogP contribution in [-0.2, 0) is 11.2 Å². The van der Waals surface area contributed by atoms with Crippen molar-refractivity contribution in [3.8, 4) is 11.1 Å². The van der Waals surface area contributed by atoms with Gasteiger partial charge in [0, 0.05) is 16.8 Å². The number of H-pyrrole nitrogens is 1. The Bertz CT molecular complexity index is 1370. The minimum absolute atomic E-state index is 0.240. The third-order valence-corrected chi connectivity index (χ3v) is 5.41. The zero-order chi connectivity index (χ0) is 21.4. The number of benzene rings is 3. The maximum Gasteiger partial charge on any atom is 0.255 e. The van der Waals surface area contributed by atoms with Crippen LogP contribution in [-0.4, -0.2) is 16.1 Å². The highest BCUT2D eigenvalue weighted by Crippen LogP contribution is 2.36. The fraction of sp³-hybridized carbons (Fsp3) is 0.0400. The Balaban J connectivity index is 1.55. The Morgan fingerprint density at radius 3 is 2.71 bits per heavy atom. The van der Waals surface area contributed by atoms with E-state index in [-0.39, 0.29) is 11.7 Å². The second kappa shape index (κ2) is 7.57. The SMILES string of the molecule is Nc1n[nH]c2cccc(-c3ccc4c(c3F)CC=CC(C(=O)Nc3ccccc3)=C4)c12. The lowest BCUT2D eigenvalue weighted by atomic mass is 9.94. The summed E-state index contributed by atoms with van der Waals surface area (Å²) in [6.07, 6.45) is 5.63. The summed E-state index contributed by atoms with van der Waals surface area (Å²) < 4.78 is 15.6. The maximum atomic E-state index is 15.6. The number of carbonyl (C=O) groups is 1. The predicted molar refractivity (Wildman–Crippen MR) is 122 cm³/mol. The molecule has 0 atom stereocenters. The lowest BCUT2D eigenvalue weighted by Gasteiger charge is -2.12. The molecule has 0 spiro atoms. The number of allylic oxidation sites excluding steroid dienone is 1. The molecule has 0 radical (unpaired) electrons. The average Bonchev–Trinajstić information content (AvgIpc) is 3.02. The Labute approximate surface area is 178 Å². The van der Waals surface area contributed by atoms with Gasteiger partial charge in [-0.1, -0.05) is 54.6 Å². The van der Waals surface area contributed by atoms with Crippen molar-refractivity contribution in [1.82, 2.24) is 10.2 Å². The molecule has 4 N–H and O–H groups in total. The summed E-state index contributed by atoms with van der Waals surface area (Å²) in [5, 5.41) is 10.5. The number of aromatic nitrogens is 2. The first-order valence-corrected chi connectivity index (χ1v) is 9.91. The van der Waals surface area contributed by atoms with Gasteiger partial charge in [-0.15, -0.1) is 0 Å². The molecular formula is C25H19FN4O. The molecule has 5 rings (SSSR count). The molecule has 31 heavy (non-hydrogen) atoms. The molecule has 152 valence electrons. The summed E-state index contributed by atoms with van der Waals surface area (Å²) in [6, 6.07) is 18.3. The van der Waals surface area contributed by atoms with Gasteiger partial charge in [-0.05, 0) is 47.4 Å². The second-order valence-electron chi connectivity index (χ2n) is 7.36. The van der Waals surface area contributed by atoms with E-state index in [9.17, 15) is 4.79 Å². The first-order chi connectivity index (χ1) is 15.1. The van der Waals surface area contributed by atoms with E-state index in [1.807, 2.05) is 60.7 Å². The number of halogens is 1. The highest BCUT2D eigenvalue weighted by Gasteiger charge is 2.19. The van der Waals surface area contributed by atoms with Gasteiger partial charge in [0.25, 0.3) is 5.91 Å². The number of anilines is 2. The third kappa shape index (κ3) is 3.38. The summed E-state index contributed by atoms with van der Waals surface area (Å²) >= 11 is 0. The molecular weight excluding hydrogens is 391 g/mol. The van der Waals surface area contributed by atoms with E-state index < -0.39 is 0 Å². The van der Waals surface area contributed by atoms with Crippen LogP contribution in [0.3, 0.4) is 0 Å². The van der Waals surface area contributed by atoms with Crippen molar-refractivity contribution in [1.29, 1.82) is 0 Å². The number of nitrogen functional groups attached to an aromatic ring is 1. The predicted octanol–water partition coefficient (Wildman–Crippen LogP) is 5.09. The van der Waals surface area contributed by atoms with Crippen LogP contribution >= 0.6 is 0 Å². The van der Waals surface area contributed by atoms with Crippen molar-refractivity contribution < 1.29 is 9.18 Å². The number of hydrogen-bond acceptors (Lipinski definition) is 3. The van der Waals surface area contributed by atoms with E-state index in [1.54, 1.807) is 18.2 Å². The molecule has 0 unspecified atom stereocenters. The van der Waals surface area contributed by atoms with Crippen molar-refractivity contribution in [2.75, 3.05) is 11.1 Å². The van der Waals surface area contributed by atoms with E-state index in [0.717, 1.165) is 5.52 Å². The largest absolute Gasteiger partial charge is 0.382 e. The molecule has 1 heterocycles. The smallest absolute Gasteiger partial charge is 0.255 e. The molecule has 1 aliphatic carbocycles. The molecule has 0 aliphatic heterocycles. The number of rotatable bonds is 3. The maximum absolute atomic E-state index is 15.6. The molecule has 0 saturated carbocycles. The van der Waals surface area contributed by atoms with Crippen LogP contribution in [0.4, 0.5) is 15.9 Å². The van der Waals surface area contributed by atoms with Gasteiger partial charge in [0.2, 0.25) is 0 Å². The average molecular weight is 410 g/mol. The minimum atomic E-state index is -0.323. The second-order valence-corrected chi connectivity index (χ2v) is 7.36. The fourth-order valence-corrected chi connectivity index (χ4v) is 3.89. The first kappa shape index (κ1) is 18.8. The van der Waals surface area contributed by atoms with Crippen molar-refractivity contribution >= 4 is 34.4 Å². The van der Waals surface area contributed by atoms with Gasteiger partial charge >= 0.3 is 0 Å². The number of carbonyl (C=O) groups excluding carboxylic acids is 1. The van der Waals surface area contributed by atoms with Crippen molar-refractivity contribution in [3.05, 3.63) is 95.3 Å². The number of aromatic amines is 1. The molecule has 0 saturated heterocycles. The zero-order valence-corrected chi connectivity index (χ0v) is 16.5. The Morgan fingerprint density at radius 1 is 1.03 bits per heavy atom. The topological polar surface area (TPSA) is 83.8 Å². The van der Waals surface area contributed by atoms with E-state index in [2.05, 4.69) is 15.5 Å². The Morgan fingerprint density at radius 2 is 1.87 bits per heavy atom. The van der Waals surface area contributed by atoms with Crippen LogP contribution in [0.25, 0.3) is 28.1 Å². The van der Waals surface area contributed by atoms with Crippen LogP contribution in [0.15, 0.2) is 78.4 Å². The number of nitrogens with two attached hydrogens (primary N) is 1. The van der Waals surface area contributed by atoms with E-state index >= 15 is 4.39 Å². The van der Waals surface area contributed by atoms with E-state index in [4.69, 9.17) is 5.73 Å². The Hall–Kier alpha value is -4.19. The third-order valence-electron chi connectivity index (χ3n) is 5.41. The van der Waals surface area contributed by atoms with Gasteiger partial charge in [0.1, 0.15) is 5.82 Å². The molecule has 0 bridgehead atoms. The normalized spacial score (nSPS) is 12.9. The molecule has 5 nitrogen and oxygen atoms in total. The van der Waals surface area contributed by atoms with Crippen LogP contribution in [0.1, 0.15) is 11.1 Å². The van der Waals surface area contributed by atoms with Crippen LogP contribution in [0, 0.1) is 5.82 Å². The summed E-state index contributed by atoms with van der Waals surface area (Å²) in [5.74, 6) is -0.230. The van der Waals surface area contributed by atoms with Gasteiger partial charge < -0.3 is 11.1 Å². The molecule has 6 heteroatoms. The number of nitrogens with one attached hydrogen (secondary N) is 2. The quantitative estimate of drug-likeness (QED) is 0.440. The summed E-state index contributed by atoms with van der Waals surface area (Å²) in [6.45, 7) is 0. The minimum Gasteiger partial charge on any atom is -0.382 e. The summed E-state index contributed by atoms with van der Waals surface area (Å²) in [5.41, 5.74) is 10.3. The van der Waals surface area contributed by atoms with Gasteiger partial charge in [0.15, 0.2) is 5.82 Å². The van der Waals surface area contributed by atoms with Gasteiger partial charge in [0.05, 0.1) is 10.9 Å². The fourth-order valence-electron chi connectivity index (χ4n) is 3.89. The number of para-hydroxylation sites is 1. The zero-order valence-electron chi connectivity index (χ0n) is 16.5. The van der Waals surface area contributed by atoms with Crippen molar-refractivity contribution in [2.24, 2.45) is 0 Å². The van der Waals surface area contributed by atoms with Crippen LogP contribution in [0.5, 0.6) is 0 Å². The number of hydrogen-bond donors (Lipinski definition) is 3. The van der Waals surface area contributed by atoms with Crippen LogP contribution < -0.4 is 11.1 Å². The van der Waals surface area contributed by atoms with E-state index in [0.29, 0.717) is 51.1 Å². The molecule has 1 amide bonds. The summed E-state index contributed by atoms with van der Waals surface area (Å²) in [4.78, 5) is 12.7. The molecule has 1 aromatic heterocycles. The lowest BCUT2D eigenvalue weighted by Crippen LogP contribution is -2.12. The molecule has 0 fully saturated rings. The Kier molecular flexibility index (Phi) is 4.59. The highest BCUT2D eigenvalue weighted by molar-refractivity contribution is 6.09. The van der Waals surface area contributed by atoms with Gasteiger partial charge in [-0.25, -0.2) is 4.39 Å². The van der Waals surface area contributed by atoms with Gasteiger partial charge in [-0.2, -0.15) is 5.10 Å². The van der Waals surface area contributed by atoms with Crippen LogP contribution in [0.2, 0.25) is 0 Å². The molecule has 4 aromatic rings. The molecule has 3 aromatic carbocycles. The van der Waals surface area contributed by atoms with Crippen molar-refractivity contribution in [3.63, 3.8) is 0 Å². The monoisotopic (exact) mass is 410 g/mol. The number of amides is 1. The van der Waals surface area contributed by atoms with Crippen molar-refractivity contribution in [2.45, 2.75) is 6.42 Å². The van der Waals surface area contributed by atoms with E-state index in [1.165, 1.54) is 0 Å².